The van der Waals surface area contributed by atoms with E-state index in [-0.39, 0.29) is 37.0 Å². The van der Waals surface area contributed by atoms with E-state index in [1.54, 1.807) is 78.9 Å². The van der Waals surface area contributed by atoms with Gasteiger partial charge in [0.25, 0.3) is 11.8 Å². The fraction of sp³-hybridized carbons (Fsp3) is 0.154. The molecule has 3 aromatic carbocycles. The Balaban J connectivity index is 1.40. The Morgan fingerprint density at radius 3 is 1.88 bits per heavy atom. The normalized spacial score (nSPS) is 13.6. The lowest BCUT2D eigenvalue weighted by molar-refractivity contribution is -0.147. The zero-order chi connectivity index (χ0) is 22.5. The van der Waals surface area contributed by atoms with E-state index in [1.165, 1.54) is 0 Å². The first-order valence-corrected chi connectivity index (χ1v) is 10.3. The highest BCUT2D eigenvalue weighted by Crippen LogP contribution is 2.25. The molecule has 1 unspecified atom stereocenters. The topological polar surface area (TPSA) is 80.8 Å². The molecular weight excluding hydrogens is 406 g/mol. The molecule has 0 bridgehead atoms. The number of imide groups is 1. The first-order chi connectivity index (χ1) is 15.6. The molecule has 1 aliphatic heterocycles. The summed E-state index contributed by atoms with van der Waals surface area (Å²) >= 11 is 0. The van der Waals surface area contributed by atoms with Gasteiger partial charge >= 0.3 is 5.97 Å². The summed E-state index contributed by atoms with van der Waals surface area (Å²) in [6.07, 6.45) is -0.852. The lowest BCUT2D eigenvalue weighted by atomic mass is 10.00. The summed E-state index contributed by atoms with van der Waals surface area (Å²) in [4.78, 5) is 51.6. The van der Waals surface area contributed by atoms with Crippen molar-refractivity contribution < 1.29 is 23.9 Å². The number of hydrogen-bond donors (Lipinski definition) is 0. The number of carbonyl (C=O) groups excluding carboxylic acids is 4. The third-order valence-corrected chi connectivity index (χ3v) is 5.29. The number of benzene rings is 3. The Labute approximate surface area is 185 Å². The average molecular weight is 427 g/mol. The smallest absolute Gasteiger partial charge is 0.306 e. The minimum Gasteiger partial charge on any atom is -0.449 e. The van der Waals surface area contributed by atoms with Crippen LogP contribution in [0.25, 0.3) is 0 Å². The zero-order valence-electron chi connectivity index (χ0n) is 17.3. The second-order valence-electron chi connectivity index (χ2n) is 7.42. The summed E-state index contributed by atoms with van der Waals surface area (Å²) in [5.74, 6) is -1.61. The maximum atomic E-state index is 13.0. The molecule has 6 heteroatoms. The van der Waals surface area contributed by atoms with Crippen molar-refractivity contribution >= 4 is 23.6 Å². The summed E-state index contributed by atoms with van der Waals surface area (Å²) in [5.41, 5.74) is 1.77. The van der Waals surface area contributed by atoms with Gasteiger partial charge in [-0.3, -0.25) is 24.1 Å². The number of ether oxygens (including phenoxy) is 1. The van der Waals surface area contributed by atoms with Crippen molar-refractivity contribution in [1.29, 1.82) is 0 Å². The average Bonchev–Trinajstić information content (AvgIpc) is 3.08. The Morgan fingerprint density at radius 2 is 1.28 bits per heavy atom. The van der Waals surface area contributed by atoms with E-state index in [0.29, 0.717) is 22.3 Å². The van der Waals surface area contributed by atoms with E-state index < -0.39 is 12.1 Å². The number of esters is 1. The van der Waals surface area contributed by atoms with Gasteiger partial charge in [0.15, 0.2) is 6.10 Å². The molecule has 0 radical (unpaired) electrons. The van der Waals surface area contributed by atoms with Gasteiger partial charge in [-0.15, -0.1) is 0 Å². The third kappa shape index (κ3) is 4.34. The molecule has 0 aromatic heterocycles. The second kappa shape index (κ2) is 9.39. The molecule has 0 N–H and O–H groups in total. The molecule has 0 saturated carbocycles. The minimum atomic E-state index is -1.06. The van der Waals surface area contributed by atoms with Crippen LogP contribution in [0.4, 0.5) is 0 Å². The number of fused-ring (bicyclic) bond motifs is 1. The van der Waals surface area contributed by atoms with Gasteiger partial charge in [-0.05, 0) is 18.6 Å². The molecule has 0 aliphatic carbocycles. The number of Topliss-reactive ketones (excluding diaryl/α,β-unsaturated/α-hetero) is 1. The standard InChI is InChI=1S/C26H21NO5/c28-22(16-9-17-27-25(30)20-14-7-8-15-21(20)26(27)31)32-24(19-12-5-2-6-13-19)23(29)18-10-3-1-4-11-18/h1-8,10-15,24H,9,16-17H2. The van der Waals surface area contributed by atoms with Crippen molar-refractivity contribution in [2.75, 3.05) is 6.54 Å². The number of rotatable bonds is 8. The molecule has 6 nitrogen and oxygen atoms in total. The van der Waals surface area contributed by atoms with Crippen molar-refractivity contribution in [2.24, 2.45) is 0 Å². The molecule has 1 heterocycles. The highest BCUT2D eigenvalue weighted by Gasteiger charge is 2.34. The van der Waals surface area contributed by atoms with Crippen molar-refractivity contribution in [3.8, 4) is 0 Å². The fourth-order valence-corrected chi connectivity index (χ4v) is 3.67. The van der Waals surface area contributed by atoms with Crippen LogP contribution in [-0.2, 0) is 9.53 Å². The lowest BCUT2D eigenvalue weighted by Gasteiger charge is -2.18. The van der Waals surface area contributed by atoms with Crippen molar-refractivity contribution in [3.05, 3.63) is 107 Å². The maximum Gasteiger partial charge on any atom is 0.306 e. The summed E-state index contributed by atoms with van der Waals surface area (Å²) < 4.78 is 5.56. The molecule has 3 aromatic rings. The molecule has 2 amide bonds. The van der Waals surface area contributed by atoms with E-state index in [0.717, 1.165) is 4.90 Å². The van der Waals surface area contributed by atoms with Crippen molar-refractivity contribution in [2.45, 2.75) is 18.9 Å². The number of ketones is 1. The van der Waals surface area contributed by atoms with Crippen LogP contribution in [0.15, 0.2) is 84.9 Å². The van der Waals surface area contributed by atoms with Gasteiger partial charge in [-0.1, -0.05) is 72.8 Å². The molecule has 160 valence electrons. The fourth-order valence-electron chi connectivity index (χ4n) is 3.67. The first kappa shape index (κ1) is 21.2. The van der Waals surface area contributed by atoms with Crippen LogP contribution in [0.5, 0.6) is 0 Å². The third-order valence-electron chi connectivity index (χ3n) is 5.29. The molecule has 1 aliphatic rings. The molecule has 0 saturated heterocycles. The van der Waals surface area contributed by atoms with E-state index in [9.17, 15) is 19.2 Å². The van der Waals surface area contributed by atoms with Crippen LogP contribution in [0.1, 0.15) is 55.6 Å². The predicted octanol–water partition coefficient (Wildman–Crippen LogP) is 4.23. The number of nitrogens with zero attached hydrogens (tertiary/aromatic N) is 1. The summed E-state index contributed by atoms with van der Waals surface area (Å²) in [6, 6.07) is 24.1. The predicted molar refractivity (Wildman–Crippen MR) is 117 cm³/mol. The highest BCUT2D eigenvalue weighted by molar-refractivity contribution is 6.21. The second-order valence-corrected chi connectivity index (χ2v) is 7.42. The van der Waals surface area contributed by atoms with Crippen LogP contribution >= 0.6 is 0 Å². The van der Waals surface area contributed by atoms with Gasteiger partial charge in [0.2, 0.25) is 5.78 Å². The van der Waals surface area contributed by atoms with Crippen LogP contribution < -0.4 is 0 Å². The van der Waals surface area contributed by atoms with Crippen LogP contribution in [0.2, 0.25) is 0 Å². The van der Waals surface area contributed by atoms with E-state index in [4.69, 9.17) is 4.74 Å². The van der Waals surface area contributed by atoms with Crippen LogP contribution in [0, 0.1) is 0 Å². The molecule has 1 atom stereocenters. The Hall–Kier alpha value is -4.06. The monoisotopic (exact) mass is 427 g/mol. The molecule has 4 rings (SSSR count). The molecular formula is C26H21NO5. The van der Waals surface area contributed by atoms with Crippen molar-refractivity contribution in [3.63, 3.8) is 0 Å². The lowest BCUT2D eigenvalue weighted by Crippen LogP contribution is -2.31. The van der Waals surface area contributed by atoms with E-state index >= 15 is 0 Å². The largest absolute Gasteiger partial charge is 0.449 e. The minimum absolute atomic E-state index is 0.0290. The van der Waals surface area contributed by atoms with E-state index in [1.807, 2.05) is 6.07 Å². The van der Waals surface area contributed by atoms with Gasteiger partial charge < -0.3 is 4.74 Å². The molecule has 0 spiro atoms. The maximum absolute atomic E-state index is 13.0. The SMILES string of the molecule is O=C(CCCN1C(=O)c2ccccc2C1=O)OC(C(=O)c1ccccc1)c1ccccc1. The van der Waals surface area contributed by atoms with Crippen LogP contribution in [-0.4, -0.2) is 35.0 Å². The Kier molecular flexibility index (Phi) is 6.22. The summed E-state index contributed by atoms with van der Waals surface area (Å²) in [6.45, 7) is 0.101. The highest BCUT2D eigenvalue weighted by atomic mass is 16.5. The number of amides is 2. The van der Waals surface area contributed by atoms with Gasteiger partial charge in [0.1, 0.15) is 0 Å². The van der Waals surface area contributed by atoms with Crippen molar-refractivity contribution in [1.82, 2.24) is 4.90 Å². The Bertz CT molecular complexity index is 1120. The number of carbonyl (C=O) groups is 4. The first-order valence-electron chi connectivity index (χ1n) is 10.3. The molecule has 0 fully saturated rings. The van der Waals surface area contributed by atoms with Gasteiger partial charge in [-0.2, -0.15) is 0 Å². The van der Waals surface area contributed by atoms with Gasteiger partial charge in [0.05, 0.1) is 11.1 Å². The van der Waals surface area contributed by atoms with Crippen LogP contribution in [0.3, 0.4) is 0 Å². The zero-order valence-corrected chi connectivity index (χ0v) is 17.3. The summed E-state index contributed by atoms with van der Waals surface area (Å²) in [7, 11) is 0. The Morgan fingerprint density at radius 1 is 0.750 bits per heavy atom. The number of hydrogen-bond acceptors (Lipinski definition) is 5. The quantitative estimate of drug-likeness (QED) is 0.305. The molecule has 32 heavy (non-hydrogen) atoms. The van der Waals surface area contributed by atoms with Gasteiger partial charge in [0, 0.05) is 24.1 Å². The summed E-state index contributed by atoms with van der Waals surface area (Å²) in [5, 5.41) is 0. The van der Waals surface area contributed by atoms with Gasteiger partial charge in [-0.25, -0.2) is 0 Å². The van der Waals surface area contributed by atoms with E-state index in [2.05, 4.69) is 0 Å².